The lowest BCUT2D eigenvalue weighted by molar-refractivity contribution is -0.305. The number of benzene rings is 2. The Morgan fingerprint density at radius 2 is 1.92 bits per heavy atom. The van der Waals surface area contributed by atoms with Crippen molar-refractivity contribution in [2.24, 2.45) is 0 Å². The van der Waals surface area contributed by atoms with Gasteiger partial charge in [0.15, 0.2) is 0 Å². The molecular weight excluding hydrogens is 394 g/mol. The number of thiophene rings is 1. The highest BCUT2D eigenvalue weighted by molar-refractivity contribution is 7.99. The predicted octanol–water partition coefficient (Wildman–Crippen LogP) is 2.64. The summed E-state index contributed by atoms with van der Waals surface area (Å²) >= 11 is 2.23. The summed E-state index contributed by atoms with van der Waals surface area (Å²) in [6.07, 6.45) is -0.173. The van der Waals surface area contributed by atoms with E-state index in [1.165, 1.54) is 12.1 Å². The van der Waals surface area contributed by atoms with E-state index in [0.29, 0.717) is 21.4 Å². The molecule has 0 aliphatic rings. The average molecular weight is 409 g/mol. The van der Waals surface area contributed by atoms with Crippen molar-refractivity contribution in [2.45, 2.75) is 15.5 Å². The highest BCUT2D eigenvalue weighted by Gasteiger charge is 2.19. The number of carboxylic acid groups (broad SMARTS) is 1. The van der Waals surface area contributed by atoms with Crippen LogP contribution in [0.15, 0.2) is 56.9 Å². The first-order valence-electron chi connectivity index (χ1n) is 7.52. The van der Waals surface area contributed by atoms with Gasteiger partial charge in [-0.25, -0.2) is 8.42 Å². The number of fused-ring (bicyclic) bond motifs is 1. The highest BCUT2D eigenvalue weighted by Crippen LogP contribution is 2.40. The van der Waals surface area contributed by atoms with Gasteiger partial charge in [0.05, 0.1) is 10.6 Å². The van der Waals surface area contributed by atoms with Crippen LogP contribution in [0.25, 0.3) is 10.8 Å². The summed E-state index contributed by atoms with van der Waals surface area (Å²) in [5.74, 6) is -0.995. The van der Waals surface area contributed by atoms with Gasteiger partial charge in [0.2, 0.25) is 0 Å². The van der Waals surface area contributed by atoms with Gasteiger partial charge < -0.3 is 15.0 Å². The lowest BCUT2D eigenvalue weighted by Gasteiger charge is -2.14. The van der Waals surface area contributed by atoms with Crippen molar-refractivity contribution < 1.29 is 23.4 Å². The second-order valence-electron chi connectivity index (χ2n) is 5.32. The predicted molar refractivity (Wildman–Crippen MR) is 101 cm³/mol. The van der Waals surface area contributed by atoms with Crippen molar-refractivity contribution in [1.29, 1.82) is 0 Å². The third kappa shape index (κ3) is 3.95. The molecule has 0 spiro atoms. The maximum Gasteiger partial charge on any atom is 0.271 e. The minimum Gasteiger partial charge on any atom is -0.550 e. The van der Waals surface area contributed by atoms with Gasteiger partial charge >= 0.3 is 0 Å². The molecule has 3 rings (SSSR count). The molecule has 0 unspecified atom stereocenters. The molecule has 0 aliphatic carbocycles. The molecule has 9 heteroatoms. The first-order chi connectivity index (χ1) is 12.4. The molecule has 2 aromatic carbocycles. The SMILES string of the molecule is O=C([O-])CCSc1cc(NS(=O)(=O)c2cccs2)c2ccccc2c1O. The Bertz CT molecular complexity index is 1050. The van der Waals surface area contributed by atoms with E-state index in [-0.39, 0.29) is 22.1 Å². The van der Waals surface area contributed by atoms with Gasteiger partial charge in [-0.2, -0.15) is 0 Å². The zero-order chi connectivity index (χ0) is 18.7. The second-order valence-corrected chi connectivity index (χ2v) is 9.32. The number of anilines is 1. The topological polar surface area (TPSA) is 107 Å². The number of aromatic hydroxyl groups is 1. The van der Waals surface area contributed by atoms with Crippen molar-refractivity contribution in [2.75, 3.05) is 10.5 Å². The number of rotatable bonds is 7. The van der Waals surface area contributed by atoms with E-state index in [9.17, 15) is 23.4 Å². The maximum absolute atomic E-state index is 12.5. The lowest BCUT2D eigenvalue weighted by Crippen LogP contribution is -2.22. The lowest BCUT2D eigenvalue weighted by atomic mass is 10.1. The van der Waals surface area contributed by atoms with E-state index in [2.05, 4.69) is 4.72 Å². The normalized spacial score (nSPS) is 11.5. The van der Waals surface area contributed by atoms with Crippen LogP contribution in [-0.2, 0) is 14.8 Å². The van der Waals surface area contributed by atoms with Crippen molar-refractivity contribution in [3.05, 3.63) is 47.8 Å². The zero-order valence-electron chi connectivity index (χ0n) is 13.3. The zero-order valence-corrected chi connectivity index (χ0v) is 15.8. The fourth-order valence-electron chi connectivity index (χ4n) is 2.38. The van der Waals surface area contributed by atoms with Gasteiger partial charge in [0.1, 0.15) is 9.96 Å². The molecule has 0 atom stereocenters. The largest absolute Gasteiger partial charge is 0.550 e. The van der Waals surface area contributed by atoms with E-state index in [1.807, 2.05) is 0 Å². The summed E-state index contributed by atoms with van der Waals surface area (Å²) < 4.78 is 27.8. The van der Waals surface area contributed by atoms with E-state index >= 15 is 0 Å². The van der Waals surface area contributed by atoms with Crippen molar-refractivity contribution >= 4 is 55.6 Å². The number of hydrogen-bond acceptors (Lipinski definition) is 7. The van der Waals surface area contributed by atoms with E-state index in [4.69, 9.17) is 0 Å². The number of phenols is 1. The Morgan fingerprint density at radius 3 is 2.58 bits per heavy atom. The number of carboxylic acids is 1. The van der Waals surface area contributed by atoms with Crippen molar-refractivity contribution in [1.82, 2.24) is 0 Å². The first-order valence-corrected chi connectivity index (χ1v) is 10.9. The number of carbonyl (C=O) groups excluding carboxylic acids is 1. The van der Waals surface area contributed by atoms with E-state index < -0.39 is 16.0 Å². The van der Waals surface area contributed by atoms with E-state index in [1.54, 1.807) is 35.7 Å². The van der Waals surface area contributed by atoms with Gasteiger partial charge in [-0.15, -0.1) is 23.1 Å². The van der Waals surface area contributed by atoms with Crippen LogP contribution in [0.2, 0.25) is 0 Å². The Balaban J connectivity index is 2.03. The molecule has 0 bridgehead atoms. The van der Waals surface area contributed by atoms with Crippen LogP contribution in [-0.4, -0.2) is 25.2 Å². The van der Waals surface area contributed by atoms with Gasteiger partial charge in [-0.1, -0.05) is 30.3 Å². The molecule has 1 aromatic heterocycles. The fourth-order valence-corrected chi connectivity index (χ4v) is 5.38. The summed E-state index contributed by atoms with van der Waals surface area (Å²) in [5.41, 5.74) is 0.322. The molecule has 6 nitrogen and oxygen atoms in total. The third-order valence-electron chi connectivity index (χ3n) is 3.55. The third-order valence-corrected chi connectivity index (χ3v) is 7.34. The fraction of sp³-hybridized carbons (Fsp3) is 0.118. The standard InChI is InChI=1S/C17H15NO5S3/c19-15(20)7-9-24-14-10-13(11-4-1-2-5-12(11)17(14)21)18-26(22,23)16-6-3-8-25-16/h1-6,8,10,18,21H,7,9H2,(H,19,20)/p-1. The molecular formula is C17H14NO5S3-. The smallest absolute Gasteiger partial charge is 0.271 e. The van der Waals surface area contributed by atoms with Crippen LogP contribution in [0.4, 0.5) is 5.69 Å². The molecule has 0 radical (unpaired) electrons. The summed E-state index contributed by atoms with van der Waals surface area (Å²) in [4.78, 5) is 11.0. The Morgan fingerprint density at radius 1 is 1.19 bits per heavy atom. The number of thioether (sulfide) groups is 1. The molecule has 0 fully saturated rings. The van der Waals surface area contributed by atoms with Crippen LogP contribution in [0.5, 0.6) is 5.75 Å². The van der Waals surface area contributed by atoms with Crippen LogP contribution in [0, 0.1) is 0 Å². The van der Waals surface area contributed by atoms with Crippen LogP contribution < -0.4 is 9.83 Å². The van der Waals surface area contributed by atoms with Gasteiger partial charge in [0, 0.05) is 22.5 Å². The average Bonchev–Trinajstić information content (AvgIpc) is 3.14. The molecule has 0 aliphatic heterocycles. The summed E-state index contributed by atoms with van der Waals surface area (Å²) in [5, 5.41) is 23.8. The van der Waals surface area contributed by atoms with Gasteiger partial charge in [-0.05, 0) is 23.9 Å². The van der Waals surface area contributed by atoms with Crippen LogP contribution >= 0.6 is 23.1 Å². The highest BCUT2D eigenvalue weighted by atomic mass is 32.2. The second kappa shape index (κ2) is 7.56. The number of carbonyl (C=O) groups is 1. The number of aliphatic carboxylic acids is 1. The maximum atomic E-state index is 12.5. The monoisotopic (exact) mass is 408 g/mol. The van der Waals surface area contributed by atoms with Crippen molar-refractivity contribution in [3.8, 4) is 5.75 Å². The van der Waals surface area contributed by atoms with Gasteiger partial charge in [-0.3, -0.25) is 4.72 Å². The number of hydrogen-bond donors (Lipinski definition) is 2. The van der Waals surface area contributed by atoms with Gasteiger partial charge in [0.25, 0.3) is 10.0 Å². The minimum absolute atomic E-state index is 0.0111. The summed E-state index contributed by atoms with van der Waals surface area (Å²) in [6.45, 7) is 0. The molecule has 26 heavy (non-hydrogen) atoms. The number of nitrogens with one attached hydrogen (secondary N) is 1. The minimum atomic E-state index is -3.75. The van der Waals surface area contributed by atoms with Crippen molar-refractivity contribution in [3.63, 3.8) is 0 Å². The Kier molecular flexibility index (Phi) is 5.40. The summed E-state index contributed by atoms with van der Waals surface area (Å²) in [6, 6.07) is 11.5. The molecule has 2 N–H and O–H groups in total. The quantitative estimate of drug-likeness (QED) is 0.460. The Labute approximate surface area is 158 Å². The van der Waals surface area contributed by atoms with Crippen LogP contribution in [0.3, 0.4) is 0 Å². The van der Waals surface area contributed by atoms with E-state index in [0.717, 1.165) is 23.1 Å². The molecule has 0 saturated heterocycles. The molecule has 3 aromatic rings. The molecule has 0 saturated carbocycles. The van der Waals surface area contributed by atoms with Crippen LogP contribution in [0.1, 0.15) is 6.42 Å². The summed E-state index contributed by atoms with van der Waals surface area (Å²) in [7, 11) is -3.75. The molecule has 1 heterocycles. The molecule has 136 valence electrons. The Hall–Kier alpha value is -2.23. The molecule has 0 amide bonds. The first kappa shape index (κ1) is 18.6. The number of phenolic OH excluding ortho intramolecular Hbond substituents is 1. The number of sulfonamides is 1.